The fourth-order valence-electron chi connectivity index (χ4n) is 3.63. The summed E-state index contributed by atoms with van der Waals surface area (Å²) in [4.78, 5) is 28.2. The number of anilines is 1. The number of nitrogens with zero attached hydrogens (tertiary/aromatic N) is 4. The molecule has 0 atom stereocenters. The van der Waals surface area contributed by atoms with E-state index in [4.69, 9.17) is 0 Å². The lowest BCUT2D eigenvalue weighted by molar-refractivity contribution is 0.0480. The van der Waals surface area contributed by atoms with E-state index >= 15 is 0 Å². The minimum atomic E-state index is -0.216. The van der Waals surface area contributed by atoms with Crippen LogP contribution < -0.4 is 5.32 Å². The Balaban J connectivity index is 1.39. The van der Waals surface area contributed by atoms with Gasteiger partial charge in [-0.3, -0.25) is 10.1 Å². The normalized spacial score (nSPS) is 21.7. The van der Waals surface area contributed by atoms with Gasteiger partial charge in [-0.25, -0.2) is 4.79 Å². The molecule has 8 heteroatoms. The molecule has 0 bridgehead atoms. The maximum absolute atomic E-state index is 12.4. The van der Waals surface area contributed by atoms with Crippen molar-refractivity contribution >= 4 is 17.8 Å². The van der Waals surface area contributed by atoms with Crippen LogP contribution in [0.15, 0.2) is 12.2 Å². The number of aromatic amines is 1. The first-order valence-electron chi connectivity index (χ1n) is 8.08. The van der Waals surface area contributed by atoms with Crippen molar-refractivity contribution in [3.8, 4) is 0 Å². The van der Waals surface area contributed by atoms with Gasteiger partial charge in [-0.1, -0.05) is 12.2 Å². The molecule has 2 aliphatic heterocycles. The number of hydrogen-bond donors (Lipinski definition) is 2. The molecule has 1 spiro atoms. The van der Waals surface area contributed by atoms with Crippen molar-refractivity contribution in [2.75, 3.05) is 31.5 Å². The zero-order chi connectivity index (χ0) is 15.9. The highest BCUT2D eigenvalue weighted by molar-refractivity contribution is 6.00. The van der Waals surface area contributed by atoms with Crippen molar-refractivity contribution in [2.45, 2.75) is 25.7 Å². The topological polar surface area (TPSA) is 94.2 Å². The van der Waals surface area contributed by atoms with Crippen molar-refractivity contribution in [2.24, 2.45) is 5.41 Å². The van der Waals surface area contributed by atoms with E-state index in [0.717, 1.165) is 51.9 Å². The molecule has 0 saturated carbocycles. The van der Waals surface area contributed by atoms with E-state index < -0.39 is 0 Å². The second kappa shape index (κ2) is 5.36. The fraction of sp³-hybridized carbons (Fsp3) is 0.600. The van der Waals surface area contributed by atoms with Gasteiger partial charge in [-0.05, 0) is 25.7 Å². The van der Waals surface area contributed by atoms with E-state index in [1.54, 1.807) is 9.80 Å². The number of likely N-dealkylation sites (tertiary alicyclic amines) is 2. The van der Waals surface area contributed by atoms with Gasteiger partial charge in [0.05, 0.1) is 0 Å². The number of hydrogen-bond acceptors (Lipinski definition) is 4. The number of H-pyrrole nitrogens is 1. The van der Waals surface area contributed by atoms with Crippen LogP contribution in [0.5, 0.6) is 0 Å². The summed E-state index contributed by atoms with van der Waals surface area (Å²) in [5, 5.41) is 13.0. The molecule has 3 aliphatic rings. The number of amides is 3. The van der Waals surface area contributed by atoms with Crippen LogP contribution in [0.1, 0.15) is 36.2 Å². The molecule has 2 fully saturated rings. The molecule has 3 amide bonds. The van der Waals surface area contributed by atoms with Crippen LogP contribution in [0.25, 0.3) is 0 Å². The summed E-state index contributed by atoms with van der Waals surface area (Å²) in [5.41, 5.74) is 0.438. The molecule has 0 unspecified atom stereocenters. The summed E-state index contributed by atoms with van der Waals surface area (Å²) in [7, 11) is 0. The Labute approximate surface area is 133 Å². The number of nitrogens with one attached hydrogen (secondary N) is 2. The average molecular weight is 316 g/mol. The monoisotopic (exact) mass is 316 g/mol. The summed E-state index contributed by atoms with van der Waals surface area (Å²) in [6.07, 6.45) is 8.46. The first-order chi connectivity index (χ1) is 11.2. The van der Waals surface area contributed by atoms with E-state index in [-0.39, 0.29) is 28.9 Å². The van der Waals surface area contributed by atoms with Gasteiger partial charge in [-0.2, -0.15) is 5.21 Å². The zero-order valence-electron chi connectivity index (χ0n) is 12.9. The highest BCUT2D eigenvalue weighted by atomic mass is 16.2. The molecule has 2 saturated heterocycles. The lowest BCUT2D eigenvalue weighted by Gasteiger charge is -2.47. The largest absolute Gasteiger partial charge is 0.337 e. The highest BCUT2D eigenvalue weighted by Crippen LogP contribution is 2.41. The molecule has 2 N–H and O–H groups in total. The smallest absolute Gasteiger partial charge is 0.323 e. The van der Waals surface area contributed by atoms with Crippen molar-refractivity contribution in [1.29, 1.82) is 0 Å². The SMILES string of the molecule is O=C(Nc1n[nH]nc1C(=O)N1CCCC1)N1CC2(CC=CC2)C1. The standard InChI is InChI=1S/C15H20N6O2/c22-13(20-7-3-4-8-20)11-12(18-19-17-11)16-14(23)21-9-15(10-21)5-1-2-6-15/h1-2H,3-10H2,(H2,16,17,18,19,23). The van der Waals surface area contributed by atoms with E-state index in [1.807, 2.05) is 0 Å². The Morgan fingerprint density at radius 3 is 2.48 bits per heavy atom. The molecule has 3 heterocycles. The van der Waals surface area contributed by atoms with Gasteiger partial charge < -0.3 is 9.80 Å². The van der Waals surface area contributed by atoms with Gasteiger partial charge in [0.2, 0.25) is 0 Å². The third kappa shape index (κ3) is 2.47. The first-order valence-corrected chi connectivity index (χ1v) is 8.08. The third-order valence-corrected chi connectivity index (χ3v) is 4.98. The van der Waals surface area contributed by atoms with Crippen LogP contribution in [-0.2, 0) is 0 Å². The second-order valence-corrected chi connectivity index (χ2v) is 6.69. The fourth-order valence-corrected chi connectivity index (χ4v) is 3.63. The van der Waals surface area contributed by atoms with Gasteiger partial charge in [0.1, 0.15) is 0 Å². The quantitative estimate of drug-likeness (QED) is 0.802. The summed E-state index contributed by atoms with van der Waals surface area (Å²) in [6.45, 7) is 2.97. The van der Waals surface area contributed by atoms with Crippen LogP contribution in [-0.4, -0.2) is 63.3 Å². The van der Waals surface area contributed by atoms with Crippen LogP contribution in [0, 0.1) is 5.41 Å². The van der Waals surface area contributed by atoms with Crippen molar-refractivity contribution in [1.82, 2.24) is 25.2 Å². The number of carbonyl (C=O) groups excluding carboxylic acids is 2. The van der Waals surface area contributed by atoms with E-state index in [1.165, 1.54) is 0 Å². The molecular formula is C15H20N6O2. The first kappa shape index (κ1) is 14.2. The lowest BCUT2D eigenvalue weighted by Crippen LogP contribution is -2.58. The summed E-state index contributed by atoms with van der Waals surface area (Å²) in [5.74, 6) is 0.0454. The maximum atomic E-state index is 12.4. The number of urea groups is 1. The Morgan fingerprint density at radius 2 is 1.78 bits per heavy atom. The van der Waals surface area contributed by atoms with Crippen molar-refractivity contribution in [3.63, 3.8) is 0 Å². The average Bonchev–Trinajstić information content (AvgIpc) is 3.25. The second-order valence-electron chi connectivity index (χ2n) is 6.69. The molecule has 23 heavy (non-hydrogen) atoms. The number of rotatable bonds is 2. The predicted molar refractivity (Wildman–Crippen MR) is 82.9 cm³/mol. The Kier molecular flexibility index (Phi) is 3.32. The maximum Gasteiger partial charge on any atom is 0.323 e. The predicted octanol–water partition coefficient (Wildman–Crippen LogP) is 1.22. The highest BCUT2D eigenvalue weighted by Gasteiger charge is 2.45. The van der Waals surface area contributed by atoms with Crippen LogP contribution in [0.2, 0.25) is 0 Å². The van der Waals surface area contributed by atoms with Crippen molar-refractivity contribution in [3.05, 3.63) is 17.8 Å². The Bertz CT molecular complexity index is 645. The van der Waals surface area contributed by atoms with Gasteiger partial charge in [0.15, 0.2) is 11.5 Å². The molecule has 0 radical (unpaired) electrons. The molecule has 1 aliphatic carbocycles. The molecule has 1 aromatic heterocycles. The molecule has 0 aromatic carbocycles. The number of allylic oxidation sites excluding steroid dienone is 2. The lowest BCUT2D eigenvalue weighted by atomic mass is 9.78. The molecule has 1 aromatic rings. The molecule has 122 valence electrons. The molecule has 8 nitrogen and oxygen atoms in total. The number of aromatic nitrogens is 3. The minimum Gasteiger partial charge on any atom is -0.337 e. The van der Waals surface area contributed by atoms with Crippen LogP contribution in [0.3, 0.4) is 0 Å². The minimum absolute atomic E-state index is 0.174. The zero-order valence-corrected chi connectivity index (χ0v) is 12.9. The van der Waals surface area contributed by atoms with Gasteiger partial charge >= 0.3 is 6.03 Å². The van der Waals surface area contributed by atoms with E-state index in [9.17, 15) is 9.59 Å². The summed E-state index contributed by atoms with van der Waals surface area (Å²) < 4.78 is 0. The molecular weight excluding hydrogens is 296 g/mol. The van der Waals surface area contributed by atoms with Crippen LogP contribution >= 0.6 is 0 Å². The number of carbonyl (C=O) groups is 2. The third-order valence-electron chi connectivity index (χ3n) is 4.98. The van der Waals surface area contributed by atoms with Crippen molar-refractivity contribution < 1.29 is 9.59 Å². The molecule has 4 rings (SSSR count). The van der Waals surface area contributed by atoms with Gasteiger partial charge in [0.25, 0.3) is 5.91 Å². The van der Waals surface area contributed by atoms with Crippen LogP contribution in [0.4, 0.5) is 10.6 Å². The Hall–Kier alpha value is -2.38. The van der Waals surface area contributed by atoms with E-state index in [0.29, 0.717) is 0 Å². The summed E-state index contributed by atoms with van der Waals surface area (Å²) >= 11 is 0. The summed E-state index contributed by atoms with van der Waals surface area (Å²) in [6, 6.07) is -0.216. The van der Waals surface area contributed by atoms with Gasteiger partial charge in [0, 0.05) is 31.6 Å². The van der Waals surface area contributed by atoms with Gasteiger partial charge in [-0.15, -0.1) is 10.2 Å². The Morgan fingerprint density at radius 1 is 1.09 bits per heavy atom. The van der Waals surface area contributed by atoms with E-state index in [2.05, 4.69) is 32.9 Å².